The van der Waals surface area contributed by atoms with Gasteiger partial charge in [0.2, 0.25) is 0 Å². The van der Waals surface area contributed by atoms with Crippen molar-refractivity contribution in [2.24, 2.45) is 7.05 Å². The molecule has 0 aliphatic heterocycles. The number of nitrogens with one attached hydrogen (secondary N) is 1. The molecule has 0 saturated heterocycles. The summed E-state index contributed by atoms with van der Waals surface area (Å²) in [6, 6.07) is 7.36. The maximum Gasteiger partial charge on any atom is 0.277 e. The van der Waals surface area contributed by atoms with E-state index in [-0.39, 0.29) is 22.8 Å². The third-order valence-corrected chi connectivity index (χ3v) is 4.02. The lowest BCUT2D eigenvalue weighted by atomic mass is 10.2. The number of aromatic nitrogens is 3. The molecule has 2 aromatic heterocycles. The van der Waals surface area contributed by atoms with Crippen molar-refractivity contribution >= 4 is 39.9 Å². The molecular weight excluding hydrogens is 453 g/mol. The highest BCUT2D eigenvalue weighted by Crippen LogP contribution is 2.29. The Hall–Kier alpha value is -3.02. The van der Waals surface area contributed by atoms with Gasteiger partial charge < -0.3 is 10.1 Å². The Balaban J connectivity index is 1.89. The van der Waals surface area contributed by atoms with Crippen LogP contribution in [0.15, 0.2) is 48.9 Å². The number of benzene rings is 1. The van der Waals surface area contributed by atoms with Crippen molar-refractivity contribution in [2.45, 2.75) is 0 Å². The van der Waals surface area contributed by atoms with Gasteiger partial charge in [-0.15, -0.1) is 0 Å². The molecular formula is C16H12IN5O4. The van der Waals surface area contributed by atoms with Crippen LogP contribution in [-0.4, -0.2) is 25.6 Å². The molecule has 3 aromatic rings. The van der Waals surface area contributed by atoms with Crippen LogP contribution in [0.3, 0.4) is 0 Å². The number of amides is 1. The van der Waals surface area contributed by atoms with Crippen LogP contribution < -0.4 is 10.1 Å². The van der Waals surface area contributed by atoms with Crippen molar-refractivity contribution in [3.05, 3.63) is 68.3 Å². The standard InChI is InChI=1S/C16H12IN5O4/c1-21-9-14(17)15(20-21)16(23)19-10-5-11(22(24)25)7-13(6-10)26-12-3-2-4-18-8-12/h2-9H,1H3,(H,19,23). The zero-order valence-corrected chi connectivity index (χ0v) is 15.6. The normalized spacial score (nSPS) is 10.4. The first-order chi connectivity index (χ1) is 12.4. The number of anilines is 1. The third kappa shape index (κ3) is 4.14. The average Bonchev–Trinajstić information content (AvgIpc) is 2.94. The predicted octanol–water partition coefficient (Wildman–Crippen LogP) is 3.37. The maximum atomic E-state index is 12.4. The fourth-order valence-electron chi connectivity index (χ4n) is 2.17. The van der Waals surface area contributed by atoms with Gasteiger partial charge in [-0.1, -0.05) is 0 Å². The maximum absolute atomic E-state index is 12.4. The Morgan fingerprint density at radius 2 is 2.15 bits per heavy atom. The number of nitro groups is 1. The lowest BCUT2D eigenvalue weighted by molar-refractivity contribution is -0.384. The first-order valence-corrected chi connectivity index (χ1v) is 8.38. The van der Waals surface area contributed by atoms with Gasteiger partial charge in [0, 0.05) is 31.6 Å². The first kappa shape index (κ1) is 17.8. The number of nitrogens with zero attached hydrogens (tertiary/aromatic N) is 4. The molecule has 1 N–H and O–H groups in total. The third-order valence-electron chi connectivity index (χ3n) is 3.23. The molecule has 132 valence electrons. The molecule has 3 rings (SSSR count). The molecule has 0 spiro atoms. The summed E-state index contributed by atoms with van der Waals surface area (Å²) in [5.41, 5.74) is 0.247. The van der Waals surface area contributed by atoms with Crippen LogP contribution in [0.4, 0.5) is 11.4 Å². The van der Waals surface area contributed by atoms with Crippen LogP contribution in [0, 0.1) is 13.7 Å². The smallest absolute Gasteiger partial charge is 0.277 e. The van der Waals surface area contributed by atoms with Crippen molar-refractivity contribution < 1.29 is 14.5 Å². The number of nitro benzene ring substituents is 1. The predicted molar refractivity (Wildman–Crippen MR) is 101 cm³/mol. The van der Waals surface area contributed by atoms with E-state index in [4.69, 9.17) is 4.74 Å². The van der Waals surface area contributed by atoms with Gasteiger partial charge in [0.1, 0.15) is 11.5 Å². The second kappa shape index (κ2) is 7.47. The average molecular weight is 465 g/mol. The number of hydrogen-bond acceptors (Lipinski definition) is 6. The molecule has 0 saturated carbocycles. The molecule has 0 radical (unpaired) electrons. The van der Waals surface area contributed by atoms with Crippen LogP contribution in [-0.2, 0) is 7.05 Å². The summed E-state index contributed by atoms with van der Waals surface area (Å²) in [4.78, 5) is 26.9. The number of hydrogen-bond donors (Lipinski definition) is 1. The number of ether oxygens (including phenoxy) is 1. The van der Waals surface area contributed by atoms with Crippen LogP contribution in [0.2, 0.25) is 0 Å². The summed E-state index contributed by atoms with van der Waals surface area (Å²) in [6.45, 7) is 0. The highest BCUT2D eigenvalue weighted by atomic mass is 127. The van der Waals surface area contributed by atoms with Crippen molar-refractivity contribution in [3.63, 3.8) is 0 Å². The van der Waals surface area contributed by atoms with E-state index < -0.39 is 10.8 Å². The fraction of sp³-hybridized carbons (Fsp3) is 0.0625. The zero-order valence-electron chi connectivity index (χ0n) is 13.4. The summed E-state index contributed by atoms with van der Waals surface area (Å²) in [7, 11) is 1.70. The SMILES string of the molecule is Cn1cc(I)c(C(=O)Nc2cc(Oc3cccnc3)cc([N+](=O)[O-])c2)n1. The van der Waals surface area contributed by atoms with Crippen molar-refractivity contribution in [1.29, 1.82) is 0 Å². The first-order valence-electron chi connectivity index (χ1n) is 7.30. The van der Waals surface area contributed by atoms with E-state index in [2.05, 4.69) is 15.4 Å². The van der Waals surface area contributed by atoms with Crippen LogP contribution in [0.5, 0.6) is 11.5 Å². The molecule has 9 nitrogen and oxygen atoms in total. The molecule has 0 aliphatic rings. The second-order valence-electron chi connectivity index (χ2n) is 5.22. The topological polar surface area (TPSA) is 112 Å². The summed E-state index contributed by atoms with van der Waals surface area (Å²) in [5, 5.41) is 17.9. The molecule has 0 atom stereocenters. The minimum Gasteiger partial charge on any atom is -0.455 e. The number of rotatable bonds is 5. The molecule has 2 heterocycles. The Morgan fingerprint density at radius 1 is 1.35 bits per heavy atom. The summed E-state index contributed by atoms with van der Waals surface area (Å²) in [5.74, 6) is 0.158. The highest BCUT2D eigenvalue weighted by Gasteiger charge is 2.17. The summed E-state index contributed by atoms with van der Waals surface area (Å²) >= 11 is 1.99. The zero-order chi connectivity index (χ0) is 18.7. The van der Waals surface area contributed by atoms with Crippen LogP contribution >= 0.6 is 22.6 Å². The van der Waals surface area contributed by atoms with Gasteiger partial charge in [0.15, 0.2) is 5.69 Å². The van der Waals surface area contributed by atoms with Crippen LogP contribution in [0.1, 0.15) is 10.5 Å². The van der Waals surface area contributed by atoms with Crippen molar-refractivity contribution in [1.82, 2.24) is 14.8 Å². The van der Waals surface area contributed by atoms with Gasteiger partial charge in [-0.05, 0) is 34.7 Å². The van der Waals surface area contributed by atoms with Crippen molar-refractivity contribution in [2.75, 3.05) is 5.32 Å². The number of carbonyl (C=O) groups is 1. The van der Waals surface area contributed by atoms with Gasteiger partial charge in [-0.3, -0.25) is 24.6 Å². The Kier molecular flexibility index (Phi) is 5.11. The van der Waals surface area contributed by atoms with E-state index in [0.717, 1.165) is 0 Å². The number of non-ortho nitro benzene ring substituents is 1. The van der Waals surface area contributed by atoms with E-state index in [1.807, 2.05) is 22.6 Å². The Morgan fingerprint density at radius 3 is 2.77 bits per heavy atom. The molecule has 26 heavy (non-hydrogen) atoms. The van der Waals surface area contributed by atoms with E-state index in [0.29, 0.717) is 9.32 Å². The van der Waals surface area contributed by atoms with Gasteiger partial charge in [0.25, 0.3) is 11.6 Å². The van der Waals surface area contributed by atoms with E-state index in [1.165, 1.54) is 29.1 Å². The lowest BCUT2D eigenvalue weighted by Gasteiger charge is -2.08. The number of aryl methyl sites for hydroxylation is 1. The summed E-state index contributed by atoms with van der Waals surface area (Å²) < 4.78 is 7.77. The second-order valence-corrected chi connectivity index (χ2v) is 6.38. The molecule has 10 heteroatoms. The molecule has 1 amide bonds. The summed E-state index contributed by atoms with van der Waals surface area (Å²) in [6.07, 6.45) is 4.76. The molecule has 0 bridgehead atoms. The minimum atomic E-state index is -0.559. The molecule has 0 fully saturated rings. The van der Waals surface area contributed by atoms with Crippen LogP contribution in [0.25, 0.3) is 0 Å². The van der Waals surface area contributed by atoms with Gasteiger partial charge in [0.05, 0.1) is 26.4 Å². The number of halogens is 1. The van der Waals surface area contributed by atoms with Gasteiger partial charge in [-0.25, -0.2) is 0 Å². The van der Waals surface area contributed by atoms with Gasteiger partial charge >= 0.3 is 0 Å². The molecule has 0 aliphatic carbocycles. The Labute approximate surface area is 161 Å². The Bertz CT molecular complexity index is 974. The largest absolute Gasteiger partial charge is 0.455 e. The fourth-order valence-corrected chi connectivity index (χ4v) is 2.92. The van der Waals surface area contributed by atoms with E-state index in [9.17, 15) is 14.9 Å². The minimum absolute atomic E-state index is 0.207. The molecule has 0 unspecified atom stereocenters. The van der Waals surface area contributed by atoms with E-state index in [1.54, 1.807) is 31.6 Å². The van der Waals surface area contributed by atoms with E-state index >= 15 is 0 Å². The lowest BCUT2D eigenvalue weighted by Crippen LogP contribution is -2.14. The quantitative estimate of drug-likeness (QED) is 0.351. The van der Waals surface area contributed by atoms with Crippen molar-refractivity contribution in [3.8, 4) is 11.5 Å². The highest BCUT2D eigenvalue weighted by molar-refractivity contribution is 14.1. The van der Waals surface area contributed by atoms with Gasteiger partial charge in [-0.2, -0.15) is 5.10 Å². The number of pyridine rings is 1. The molecule has 1 aromatic carbocycles. The number of carbonyl (C=O) groups excluding carboxylic acids is 1. The monoisotopic (exact) mass is 465 g/mol.